The van der Waals surface area contributed by atoms with E-state index in [0.717, 1.165) is 35.4 Å². The van der Waals surface area contributed by atoms with Crippen LogP contribution in [0.3, 0.4) is 0 Å². The van der Waals surface area contributed by atoms with Gasteiger partial charge in [0.05, 0.1) is 30.9 Å². The number of carbonyl (C=O) groups excluding carboxylic acids is 4. The Morgan fingerprint density at radius 2 is 1.65 bits per heavy atom. The molecule has 0 saturated carbocycles. The molecule has 16 nitrogen and oxygen atoms in total. The molecule has 0 bridgehead atoms. The lowest BCUT2D eigenvalue weighted by molar-refractivity contribution is -0.274. The first kappa shape index (κ1) is 47.1. The molecular formula is C47H61F3N8O8. The van der Waals surface area contributed by atoms with Gasteiger partial charge in [0.1, 0.15) is 17.6 Å². The van der Waals surface area contributed by atoms with Crippen molar-refractivity contribution in [2.45, 2.75) is 90.2 Å². The van der Waals surface area contributed by atoms with Crippen LogP contribution < -0.4 is 15.4 Å². The highest BCUT2D eigenvalue weighted by Gasteiger charge is 2.43. The maximum Gasteiger partial charge on any atom is 0.573 e. The zero-order chi connectivity index (χ0) is 46.9. The number of aliphatic hydroxyl groups is 1. The summed E-state index contributed by atoms with van der Waals surface area (Å²) in [6.07, 6.45) is -0.945. The van der Waals surface area contributed by atoms with Crippen LogP contribution in [0.15, 0.2) is 36.4 Å². The molecule has 0 radical (unpaired) electrons. The topological polar surface area (TPSA) is 182 Å². The number of imidazole rings is 1. The highest BCUT2D eigenvalue weighted by molar-refractivity contribution is 5.91. The van der Waals surface area contributed by atoms with Crippen LogP contribution in [0, 0.1) is 17.3 Å². The van der Waals surface area contributed by atoms with Crippen LogP contribution in [-0.4, -0.2) is 150 Å². The van der Waals surface area contributed by atoms with Crippen molar-refractivity contribution in [2.75, 3.05) is 78.1 Å². The van der Waals surface area contributed by atoms with E-state index in [-0.39, 0.29) is 53.6 Å². The highest BCUT2D eigenvalue weighted by atomic mass is 19.4. The fraction of sp³-hybridized carbons (Fsp3) is 0.596. The third kappa shape index (κ3) is 10.3. The van der Waals surface area contributed by atoms with Crippen molar-refractivity contribution < 1.29 is 51.7 Å². The number of urea groups is 1. The van der Waals surface area contributed by atoms with E-state index in [2.05, 4.69) is 32.2 Å². The molecule has 358 valence electrons. The van der Waals surface area contributed by atoms with Gasteiger partial charge in [-0.1, -0.05) is 25.1 Å². The van der Waals surface area contributed by atoms with Gasteiger partial charge in [-0.05, 0) is 93.9 Å². The monoisotopic (exact) mass is 922 g/mol. The lowest BCUT2D eigenvalue weighted by Crippen LogP contribution is -2.56. The van der Waals surface area contributed by atoms with Crippen molar-refractivity contribution in [1.82, 2.24) is 34.9 Å². The Morgan fingerprint density at radius 1 is 0.939 bits per heavy atom. The van der Waals surface area contributed by atoms with Gasteiger partial charge in [-0.3, -0.25) is 14.5 Å². The number of aromatic amines is 1. The van der Waals surface area contributed by atoms with Crippen LogP contribution in [0.4, 0.5) is 28.4 Å². The number of benzene rings is 2. The second-order valence-electron chi connectivity index (χ2n) is 19.0. The van der Waals surface area contributed by atoms with Gasteiger partial charge in [0.15, 0.2) is 0 Å². The molecule has 0 spiro atoms. The molecule has 4 saturated heterocycles. The van der Waals surface area contributed by atoms with Gasteiger partial charge < -0.3 is 49.6 Å². The SMILES string of the molecule is COC(=O)N[C@H](C(=O)N1C[C@@H](C)C[C@H]1c1nc2c([nH]1)CCc1cc(-c3ccc(NC(=O)N4CCN(C5CCN(C(=O)C(C)(C)CO)CC5)CC4)cc3OC(F)(F)F)ccc1-2)C1CCOCC1. The van der Waals surface area contributed by atoms with E-state index in [1.54, 1.807) is 30.9 Å². The maximum absolute atomic E-state index is 14.3. The molecule has 4 fully saturated rings. The molecule has 2 aromatic carbocycles. The molecule has 4 aliphatic heterocycles. The molecule has 3 atom stereocenters. The van der Waals surface area contributed by atoms with Gasteiger partial charge in [-0.15, -0.1) is 13.2 Å². The number of hydrogen-bond acceptors (Lipinski definition) is 10. The molecule has 19 heteroatoms. The fourth-order valence-corrected chi connectivity index (χ4v) is 10.3. The highest BCUT2D eigenvalue weighted by Crippen LogP contribution is 2.42. The maximum atomic E-state index is 14.3. The third-order valence-corrected chi connectivity index (χ3v) is 14.0. The van der Waals surface area contributed by atoms with Crippen LogP contribution in [-0.2, 0) is 31.9 Å². The van der Waals surface area contributed by atoms with Crippen LogP contribution in [0.25, 0.3) is 22.4 Å². The second kappa shape index (κ2) is 19.4. The molecule has 5 aliphatic rings. The first-order valence-electron chi connectivity index (χ1n) is 23.1. The summed E-state index contributed by atoms with van der Waals surface area (Å²) in [4.78, 5) is 69.1. The van der Waals surface area contributed by atoms with E-state index in [4.69, 9.17) is 14.5 Å². The number of nitrogens with zero attached hydrogens (tertiary/aromatic N) is 5. The molecule has 5 amide bonds. The van der Waals surface area contributed by atoms with Crippen molar-refractivity contribution in [3.8, 4) is 28.1 Å². The summed E-state index contributed by atoms with van der Waals surface area (Å²) in [5, 5.41) is 15.2. The zero-order valence-corrected chi connectivity index (χ0v) is 38.0. The first-order chi connectivity index (χ1) is 31.5. The van der Waals surface area contributed by atoms with E-state index < -0.39 is 35.7 Å². The van der Waals surface area contributed by atoms with Gasteiger partial charge >= 0.3 is 18.5 Å². The Balaban J connectivity index is 0.939. The predicted octanol–water partition coefficient (Wildman–Crippen LogP) is 5.96. The Bertz CT molecular complexity index is 2270. The Kier molecular flexibility index (Phi) is 13.9. The number of ether oxygens (including phenoxy) is 3. The minimum Gasteiger partial charge on any atom is -0.453 e. The number of rotatable bonds is 10. The molecular weight excluding hydrogens is 862 g/mol. The number of amides is 5. The lowest BCUT2D eigenvalue weighted by atomic mass is 9.89. The number of fused-ring (bicyclic) bond motifs is 3. The number of hydrogen-bond donors (Lipinski definition) is 4. The quantitative estimate of drug-likeness (QED) is 0.190. The number of alkyl halides is 3. The number of anilines is 1. The van der Waals surface area contributed by atoms with Crippen molar-refractivity contribution in [3.63, 3.8) is 0 Å². The van der Waals surface area contributed by atoms with Crippen LogP contribution >= 0.6 is 0 Å². The molecule has 1 aliphatic carbocycles. The number of carbonyl (C=O) groups is 4. The summed E-state index contributed by atoms with van der Waals surface area (Å²) < 4.78 is 56.7. The number of nitrogens with one attached hydrogen (secondary N) is 3. The summed E-state index contributed by atoms with van der Waals surface area (Å²) in [5.41, 5.74) is 3.42. The van der Waals surface area contributed by atoms with Crippen LogP contribution in [0.5, 0.6) is 5.75 Å². The molecule has 4 N–H and O–H groups in total. The Morgan fingerprint density at radius 3 is 2.33 bits per heavy atom. The third-order valence-electron chi connectivity index (χ3n) is 14.0. The van der Waals surface area contributed by atoms with Gasteiger partial charge in [0.2, 0.25) is 11.8 Å². The van der Waals surface area contributed by atoms with Crippen molar-refractivity contribution >= 4 is 29.6 Å². The Hall–Kier alpha value is -5.40. The number of H-pyrrole nitrogens is 1. The molecule has 3 aromatic rings. The standard InChI is InChI=1S/C47H61F3N8O8/c1-28-23-37(58(26-28)42(60)39(54-45(63)64-4)29-13-21-65-22-14-29)41-52-36-10-6-31-24-30(5-8-35(31)40(36)53-41)34-9-7-32(25-38(34)66-47(48,49)50)51-44(62)57-19-17-55(18-20-57)33-11-15-56(16-12-33)43(61)46(2,3)27-59/h5,7-9,24-25,28-29,33,37,39,59H,6,10-23,26-27H2,1-4H3,(H,51,62)(H,52,53)(H,54,63)/t28-,37-,39-/m0/s1. The molecule has 0 unspecified atom stereocenters. The van der Waals surface area contributed by atoms with Gasteiger partial charge in [-0.2, -0.15) is 0 Å². The summed E-state index contributed by atoms with van der Waals surface area (Å²) in [5.74, 6) is 0.0281. The van der Waals surface area contributed by atoms with E-state index in [1.165, 1.54) is 19.2 Å². The van der Waals surface area contributed by atoms with Crippen LogP contribution in [0.1, 0.15) is 76.0 Å². The van der Waals surface area contributed by atoms with E-state index >= 15 is 0 Å². The summed E-state index contributed by atoms with van der Waals surface area (Å²) >= 11 is 0. The molecule has 5 heterocycles. The average Bonchev–Trinajstić information content (AvgIpc) is 3.94. The van der Waals surface area contributed by atoms with Gasteiger partial charge in [0, 0.05) is 93.6 Å². The van der Waals surface area contributed by atoms with E-state index in [9.17, 15) is 37.5 Å². The zero-order valence-electron chi connectivity index (χ0n) is 38.0. The number of likely N-dealkylation sites (tertiary alicyclic amines) is 2. The molecule has 66 heavy (non-hydrogen) atoms. The largest absolute Gasteiger partial charge is 0.573 e. The number of methoxy groups -OCH3 is 1. The summed E-state index contributed by atoms with van der Waals surface area (Å²) in [6, 6.07) is 8.44. The lowest BCUT2D eigenvalue weighted by Gasteiger charge is -2.43. The van der Waals surface area contributed by atoms with Gasteiger partial charge in [0.25, 0.3) is 0 Å². The van der Waals surface area contributed by atoms with Gasteiger partial charge in [-0.25, -0.2) is 14.6 Å². The first-order valence-corrected chi connectivity index (χ1v) is 23.1. The van der Waals surface area contributed by atoms with E-state index in [1.807, 2.05) is 21.9 Å². The summed E-state index contributed by atoms with van der Waals surface area (Å²) in [7, 11) is 1.27. The normalized spacial score (nSPS) is 21.5. The van der Waals surface area contributed by atoms with Crippen molar-refractivity contribution in [2.24, 2.45) is 17.3 Å². The number of aliphatic hydroxyl groups excluding tert-OH is 1. The minimum absolute atomic E-state index is 0.0560. The number of aromatic nitrogens is 2. The number of piperazine rings is 1. The smallest absolute Gasteiger partial charge is 0.453 e. The number of piperidine rings is 1. The van der Waals surface area contributed by atoms with Crippen molar-refractivity contribution in [1.29, 1.82) is 0 Å². The number of alkyl carbamates (subject to hydrolysis) is 1. The number of halogens is 3. The second-order valence-corrected chi connectivity index (χ2v) is 19.0. The molecule has 1 aromatic heterocycles. The predicted molar refractivity (Wildman–Crippen MR) is 237 cm³/mol. The van der Waals surface area contributed by atoms with Crippen molar-refractivity contribution in [3.05, 3.63) is 53.5 Å². The number of aryl methyl sites for hydroxylation is 2. The van der Waals surface area contributed by atoms with Crippen LogP contribution in [0.2, 0.25) is 0 Å². The molecule has 8 rings (SSSR count). The Labute approximate surface area is 382 Å². The fourth-order valence-electron chi connectivity index (χ4n) is 10.3. The minimum atomic E-state index is -4.99. The van der Waals surface area contributed by atoms with E-state index in [0.29, 0.717) is 103 Å². The summed E-state index contributed by atoms with van der Waals surface area (Å²) in [6.45, 7) is 10.2. The average molecular weight is 923 g/mol.